The van der Waals surface area contributed by atoms with E-state index >= 15 is 0 Å². The van der Waals surface area contributed by atoms with Crippen LogP contribution in [0.2, 0.25) is 0 Å². The van der Waals surface area contributed by atoms with E-state index in [4.69, 9.17) is 21.9 Å². The summed E-state index contributed by atoms with van der Waals surface area (Å²) in [5.74, 6) is -14.7. The highest BCUT2D eigenvalue weighted by Crippen LogP contribution is 2.28. The number of fused-ring (bicyclic) bond motifs is 1. The third-order valence-corrected chi connectivity index (χ3v) is 19.5. The molecule has 39 nitrogen and oxygen atoms in total. The first-order chi connectivity index (χ1) is 54.9. The van der Waals surface area contributed by atoms with Gasteiger partial charge in [0.15, 0.2) is 5.96 Å². The number of amides is 10. The van der Waals surface area contributed by atoms with Crippen molar-refractivity contribution in [2.75, 3.05) is 98.5 Å². The molecule has 22 N–H and O–H groups in total. The molecule has 3 unspecified atom stereocenters. The molecule has 115 heavy (non-hydrogen) atoms. The lowest BCUT2D eigenvalue weighted by Crippen LogP contribution is -2.61. The average Bonchev–Trinajstić information content (AvgIpc) is 1.69. The summed E-state index contributed by atoms with van der Waals surface area (Å²) in [5.41, 5.74) is 18.8. The van der Waals surface area contributed by atoms with E-state index in [9.17, 15) is 97.8 Å². The van der Waals surface area contributed by atoms with Gasteiger partial charge in [-0.3, -0.25) is 91.7 Å². The number of aromatic amines is 1. The van der Waals surface area contributed by atoms with Crippen molar-refractivity contribution in [3.05, 3.63) is 102 Å². The summed E-state index contributed by atoms with van der Waals surface area (Å²) in [6.45, 7) is 1.16. The number of carbonyl (C=O) groups is 14. The molecule has 1 saturated heterocycles. The first-order valence-electron chi connectivity index (χ1n) is 38.2. The Hall–Kier alpha value is -11.4. The number of aliphatic hydroxyl groups excluding tert-OH is 2. The topological polar surface area (TPSA) is 597 Å². The summed E-state index contributed by atoms with van der Waals surface area (Å²) < 4.78 is 4.95. The number of aliphatic imine (C=N–C) groups is 1. The van der Waals surface area contributed by atoms with Crippen LogP contribution in [0.15, 0.2) is 90.1 Å². The molecular weight excluding hydrogens is 1500 g/mol. The first kappa shape index (κ1) is 92.5. The molecule has 1 aliphatic carbocycles. The standard InChI is InChI=1S/C76H110N18O21/c1-46(2)32-55(69(108)88-59(73(112)89-61(42-95)67(77)106)36-50-38-81-53-17-10-9-16-52(50)53)84-70(109)58(35-49-19-21-51(98)22-20-49)85-68(107)54(18-11-23-80-76(78)79)83-75(114)62(43-96)90-72(111)57(34-48-14-7-4-8-15-48)86-71(110)56(33-47-12-5-3-6-13-47)87-74(113)60(37-64(100)101)82-63(99)39-91-24-26-92(40-65(102)103)28-30-94(44-115-45-97)31-29-93(27-25-91)41-66(104)105/h4,7-10,14-17,19-22,38,45-47,54-62,81,95-96,98H,3,5-6,11-13,18,23-37,39-44H2,1-2H3,(H2,77,106)(H,82,99)(H,83,114)(H,84,109)(H,85,107)(H,86,110)(H,87,113)(H,88,108)(H,89,112)(H,90,111)(H,100,101)(H,102,103)(H,104,105)(H4,78,79,80)/t54?,55-,56-,57?,58-,59-,60-,61-,62?/m0/s1. The normalized spacial score (nSPS) is 16.6. The predicted molar refractivity (Wildman–Crippen MR) is 416 cm³/mol. The number of aromatic hydroxyl groups is 1. The van der Waals surface area contributed by atoms with E-state index in [-0.39, 0.29) is 141 Å². The molecule has 0 bridgehead atoms. The van der Waals surface area contributed by atoms with Crippen LogP contribution < -0.4 is 65.1 Å². The van der Waals surface area contributed by atoms with Crippen molar-refractivity contribution in [3.8, 4) is 5.75 Å². The Morgan fingerprint density at radius 3 is 1.50 bits per heavy atom. The van der Waals surface area contributed by atoms with Gasteiger partial charge >= 0.3 is 17.9 Å². The van der Waals surface area contributed by atoms with Crippen LogP contribution in [0.3, 0.4) is 0 Å². The monoisotopic (exact) mass is 1610 g/mol. The van der Waals surface area contributed by atoms with Crippen LogP contribution in [-0.4, -0.2) is 297 Å². The molecule has 9 atom stereocenters. The second-order valence-electron chi connectivity index (χ2n) is 29.0. The van der Waals surface area contributed by atoms with Gasteiger partial charge in [0.1, 0.15) is 66.9 Å². The summed E-state index contributed by atoms with van der Waals surface area (Å²) in [6, 6.07) is 6.54. The number of hydrogen-bond donors (Lipinski definition) is 19. The molecule has 10 amide bonds. The zero-order chi connectivity index (χ0) is 84.1. The minimum absolute atomic E-state index is 0.00823. The van der Waals surface area contributed by atoms with Crippen molar-refractivity contribution in [3.63, 3.8) is 0 Å². The maximum Gasteiger partial charge on any atom is 0.317 e. The number of carboxylic acids is 3. The predicted octanol–water partition coefficient (Wildman–Crippen LogP) is -4.20. The van der Waals surface area contributed by atoms with E-state index in [1.807, 2.05) is 0 Å². The van der Waals surface area contributed by atoms with E-state index in [0.717, 1.165) is 19.3 Å². The van der Waals surface area contributed by atoms with Crippen LogP contribution in [0.5, 0.6) is 5.75 Å². The Balaban J connectivity index is 1.24. The number of guanidine groups is 1. The fraction of sp³-hybridized carbons (Fsp3) is 0.539. The van der Waals surface area contributed by atoms with Crippen LogP contribution in [0, 0.1) is 11.8 Å². The summed E-state index contributed by atoms with van der Waals surface area (Å²) in [4.78, 5) is 205. The molecule has 1 aromatic heterocycles. The zero-order valence-electron chi connectivity index (χ0n) is 64.6. The molecule has 6 rings (SSSR count). The molecule has 39 heteroatoms. The van der Waals surface area contributed by atoms with E-state index in [1.54, 1.807) is 94.2 Å². The van der Waals surface area contributed by atoms with Gasteiger partial charge in [-0.25, -0.2) is 0 Å². The largest absolute Gasteiger partial charge is 0.508 e. The van der Waals surface area contributed by atoms with E-state index in [1.165, 1.54) is 24.3 Å². The lowest BCUT2D eigenvalue weighted by Gasteiger charge is -2.33. The zero-order valence-corrected chi connectivity index (χ0v) is 64.6. The second-order valence-corrected chi connectivity index (χ2v) is 29.0. The van der Waals surface area contributed by atoms with Crippen molar-refractivity contribution < 1.29 is 102 Å². The Bertz CT molecular complexity index is 3900. The van der Waals surface area contributed by atoms with E-state index < -0.39 is 171 Å². The number of rotatable bonds is 45. The summed E-state index contributed by atoms with van der Waals surface area (Å²) in [6.07, 6.45) is 3.24. The Labute approximate surface area is 664 Å². The number of ether oxygens (including phenoxy) is 1. The van der Waals surface area contributed by atoms with Crippen LogP contribution >= 0.6 is 0 Å². The summed E-state index contributed by atoms with van der Waals surface area (Å²) in [5, 5.41) is 84.7. The smallest absolute Gasteiger partial charge is 0.317 e. The molecule has 4 aromatic rings. The third kappa shape index (κ3) is 32.9. The van der Waals surface area contributed by atoms with Crippen LogP contribution in [-0.2, 0) is 91.1 Å². The van der Waals surface area contributed by atoms with Crippen molar-refractivity contribution in [1.82, 2.24) is 72.4 Å². The van der Waals surface area contributed by atoms with Crippen LogP contribution in [0.1, 0.15) is 94.7 Å². The number of hydrogen-bond acceptors (Lipinski definition) is 23. The number of carbonyl (C=O) groups excluding carboxylic acids is 11. The molecule has 1 aliphatic heterocycles. The Morgan fingerprint density at radius 1 is 0.513 bits per heavy atom. The average molecular weight is 1610 g/mol. The molecule has 0 spiro atoms. The number of phenolic OH excluding ortho intramolecular Hbond substituents is 1. The number of primary amides is 1. The number of aliphatic carboxylic acids is 3. The number of nitrogens with two attached hydrogens (primary N) is 3. The van der Waals surface area contributed by atoms with Gasteiger partial charge < -0.3 is 105 Å². The quantitative estimate of drug-likeness (QED) is 0.00864. The second kappa shape index (κ2) is 48.0. The van der Waals surface area contributed by atoms with Gasteiger partial charge in [0.05, 0.1) is 39.3 Å². The number of nitrogens with zero attached hydrogens (tertiary/aromatic N) is 5. The maximum absolute atomic E-state index is 15.0. The highest BCUT2D eigenvalue weighted by molar-refractivity contribution is 5.99. The molecular formula is C76H110N18O21. The van der Waals surface area contributed by atoms with Crippen LogP contribution in [0.25, 0.3) is 10.9 Å². The summed E-state index contributed by atoms with van der Waals surface area (Å²) in [7, 11) is 0. The van der Waals surface area contributed by atoms with E-state index in [2.05, 4.69) is 57.8 Å². The highest BCUT2D eigenvalue weighted by Gasteiger charge is 2.38. The number of nitrogens with one attached hydrogen (secondary N) is 10. The number of aromatic nitrogens is 1. The highest BCUT2D eigenvalue weighted by atomic mass is 16.5. The van der Waals surface area contributed by atoms with Gasteiger partial charge in [0.2, 0.25) is 59.1 Å². The Morgan fingerprint density at radius 2 is 0.965 bits per heavy atom. The maximum atomic E-state index is 15.0. The number of aliphatic hydroxyl groups is 2. The Kier molecular flexibility index (Phi) is 38.6. The molecule has 1 saturated carbocycles. The van der Waals surface area contributed by atoms with Crippen molar-refractivity contribution >= 4 is 100 Å². The van der Waals surface area contributed by atoms with Gasteiger partial charge in [-0.1, -0.05) is 107 Å². The van der Waals surface area contributed by atoms with Crippen molar-refractivity contribution in [1.29, 1.82) is 0 Å². The van der Waals surface area contributed by atoms with E-state index in [0.29, 0.717) is 40.4 Å². The van der Waals surface area contributed by atoms with Gasteiger partial charge in [-0.2, -0.15) is 0 Å². The number of carboxylic acid groups (broad SMARTS) is 3. The number of para-hydroxylation sites is 1. The van der Waals surface area contributed by atoms with Gasteiger partial charge in [-0.05, 0) is 72.4 Å². The van der Waals surface area contributed by atoms with Gasteiger partial charge in [0.25, 0.3) is 6.47 Å². The minimum atomic E-state index is -1.89. The third-order valence-electron chi connectivity index (χ3n) is 19.5. The lowest BCUT2D eigenvalue weighted by atomic mass is 9.84. The van der Waals surface area contributed by atoms with Crippen molar-refractivity contribution in [2.45, 2.75) is 152 Å². The molecule has 2 aliphatic rings. The first-order valence-corrected chi connectivity index (χ1v) is 38.2. The number of benzene rings is 3. The lowest BCUT2D eigenvalue weighted by molar-refractivity contribution is -0.142. The molecule has 3 aromatic carbocycles. The molecule has 630 valence electrons. The fourth-order valence-electron chi connectivity index (χ4n) is 13.4. The number of H-pyrrole nitrogens is 1. The molecule has 2 heterocycles. The van der Waals surface area contributed by atoms with Gasteiger partial charge in [-0.15, -0.1) is 0 Å². The summed E-state index contributed by atoms with van der Waals surface area (Å²) >= 11 is 0. The number of phenols is 1. The van der Waals surface area contributed by atoms with Crippen LogP contribution in [0.4, 0.5) is 0 Å². The van der Waals surface area contributed by atoms with Crippen molar-refractivity contribution in [2.24, 2.45) is 34.0 Å². The SMILES string of the molecule is CC(C)C[C@H](NC(=O)[C@H](Cc1ccc(O)cc1)NC(=O)C(CCCN=C(N)N)NC(=O)C(CO)NC(=O)C(Cc1ccccc1)NC(=O)[C@H](CC1CCCCC1)NC(=O)[C@H](CC(=O)O)NC(=O)CN1CCN(CC(=O)O)CCN(COC=O)CCN(CC(=O)O)CC1)C(=O)N[C@@H](Cc1c[nH]c2ccccc12)C(=O)N[C@@H](CO)C(N)=O. The fourth-order valence-corrected chi connectivity index (χ4v) is 13.4. The minimum Gasteiger partial charge on any atom is -0.508 e. The molecule has 2 fully saturated rings. The van der Waals surface area contributed by atoms with Gasteiger partial charge in [0, 0.05) is 95.3 Å². The molecule has 0 radical (unpaired) electrons.